The van der Waals surface area contributed by atoms with Gasteiger partial charge in [-0.2, -0.15) is 0 Å². The molecule has 20 heavy (non-hydrogen) atoms. The molecule has 2 atom stereocenters. The van der Waals surface area contributed by atoms with E-state index in [0.29, 0.717) is 0 Å². The number of rotatable bonds is 2. The first kappa shape index (κ1) is 14.1. The molecule has 1 aromatic carbocycles. The molecule has 0 unspecified atom stereocenters. The zero-order valence-corrected chi connectivity index (χ0v) is 11.9. The van der Waals surface area contributed by atoms with Gasteiger partial charge >= 0.3 is 11.6 Å². The number of allylic oxidation sites excluding steroid dienone is 1. The van der Waals surface area contributed by atoms with Gasteiger partial charge in [0, 0.05) is 24.6 Å². The van der Waals surface area contributed by atoms with Crippen LogP contribution in [0.2, 0.25) is 0 Å². The molecule has 1 aromatic rings. The van der Waals surface area contributed by atoms with Crippen LogP contribution < -0.4 is 4.90 Å². The van der Waals surface area contributed by atoms with Crippen LogP contribution in [-0.2, 0) is 4.79 Å². The van der Waals surface area contributed by atoms with Crippen LogP contribution in [0.15, 0.2) is 35.7 Å². The molecule has 2 rings (SSSR count). The zero-order chi connectivity index (χ0) is 14.9. The number of aliphatic hydroxyl groups is 1. The highest BCUT2D eigenvalue weighted by Gasteiger charge is 2.43. The van der Waals surface area contributed by atoms with E-state index >= 15 is 0 Å². The minimum atomic E-state index is -0.476. The Hall–Kier alpha value is -2.35. The lowest BCUT2D eigenvalue weighted by Crippen LogP contribution is -2.39. The van der Waals surface area contributed by atoms with Gasteiger partial charge in [0.1, 0.15) is 0 Å². The van der Waals surface area contributed by atoms with Crippen molar-refractivity contribution < 1.29 is 9.90 Å². The Bertz CT molecular complexity index is 612. The molecule has 0 bridgehead atoms. The Morgan fingerprint density at radius 3 is 2.65 bits per heavy atom. The van der Waals surface area contributed by atoms with E-state index in [1.54, 1.807) is 4.90 Å². The molecule has 0 aromatic heterocycles. The second-order valence-electron chi connectivity index (χ2n) is 5.03. The van der Waals surface area contributed by atoms with Crippen molar-refractivity contribution in [3.05, 3.63) is 46.3 Å². The first-order valence-corrected chi connectivity index (χ1v) is 6.70. The van der Waals surface area contributed by atoms with Gasteiger partial charge in [0.2, 0.25) is 5.39 Å². The van der Waals surface area contributed by atoms with E-state index in [0.717, 1.165) is 17.7 Å². The van der Waals surface area contributed by atoms with E-state index < -0.39 is 5.91 Å². The van der Waals surface area contributed by atoms with Crippen LogP contribution in [0, 0.1) is 5.39 Å². The fourth-order valence-electron chi connectivity index (χ4n) is 2.88. The third kappa shape index (κ3) is 2.03. The van der Waals surface area contributed by atoms with E-state index in [2.05, 4.69) is 11.9 Å². The van der Waals surface area contributed by atoms with Crippen molar-refractivity contribution >= 4 is 11.6 Å². The summed E-state index contributed by atoms with van der Waals surface area (Å²) in [5.41, 5.74) is 1.60. The topological polar surface area (TPSA) is 68.7 Å². The van der Waals surface area contributed by atoms with Gasteiger partial charge in [0.15, 0.2) is 10.7 Å². The van der Waals surface area contributed by atoms with Gasteiger partial charge in [0.05, 0.1) is 0 Å². The van der Waals surface area contributed by atoms with Gasteiger partial charge < -0.3 is 5.11 Å². The Labute approximate surface area is 118 Å². The van der Waals surface area contributed by atoms with Crippen LogP contribution in [0.5, 0.6) is 0 Å². The smallest absolute Gasteiger partial charge is 0.485 e. The van der Waals surface area contributed by atoms with E-state index in [1.807, 2.05) is 31.2 Å². The van der Waals surface area contributed by atoms with Crippen molar-refractivity contribution in [2.75, 3.05) is 4.90 Å². The SMILES string of the molecule is CC[C@H]1[C@@H](C)c2ccccc2N1C(=O)/C([N+]#N)=C(/C)O. The molecule has 5 heteroatoms. The Morgan fingerprint density at radius 1 is 1.45 bits per heavy atom. The monoisotopic (exact) mass is 272 g/mol. The predicted molar refractivity (Wildman–Crippen MR) is 76.8 cm³/mol. The average Bonchev–Trinajstić information content (AvgIpc) is 2.72. The maximum absolute atomic E-state index is 12.5. The van der Waals surface area contributed by atoms with Crippen molar-refractivity contribution in [1.82, 2.24) is 0 Å². The number of anilines is 1. The molecule has 0 spiro atoms. The highest BCUT2D eigenvalue weighted by Crippen LogP contribution is 2.42. The number of hydrogen-bond acceptors (Lipinski definition) is 3. The van der Waals surface area contributed by atoms with Crippen LogP contribution in [0.4, 0.5) is 5.69 Å². The molecule has 1 amide bonds. The Kier molecular flexibility index (Phi) is 3.75. The summed E-state index contributed by atoms with van der Waals surface area (Å²) >= 11 is 0. The second kappa shape index (κ2) is 5.33. The molecule has 0 radical (unpaired) electrons. The lowest BCUT2D eigenvalue weighted by molar-refractivity contribution is -0.115. The minimum absolute atomic E-state index is 0.00370. The number of carbonyl (C=O) groups is 1. The van der Waals surface area contributed by atoms with Gasteiger partial charge in [-0.1, -0.05) is 32.0 Å². The zero-order valence-electron chi connectivity index (χ0n) is 11.9. The van der Waals surface area contributed by atoms with E-state index in [-0.39, 0.29) is 23.4 Å². The van der Waals surface area contributed by atoms with Gasteiger partial charge in [-0.3, -0.25) is 9.69 Å². The first-order chi connectivity index (χ1) is 9.52. The number of hydrogen-bond donors (Lipinski definition) is 1. The fourth-order valence-corrected chi connectivity index (χ4v) is 2.88. The number of aliphatic hydroxyl groups excluding tert-OH is 1. The summed E-state index contributed by atoms with van der Waals surface area (Å²) in [5.74, 6) is -0.556. The molecule has 1 aliphatic rings. The number of para-hydroxylation sites is 1. The number of carbonyl (C=O) groups excluding carboxylic acids is 1. The van der Waals surface area contributed by atoms with E-state index in [4.69, 9.17) is 5.39 Å². The van der Waals surface area contributed by atoms with Gasteiger partial charge in [-0.15, -0.1) is 0 Å². The Morgan fingerprint density at radius 2 is 2.10 bits per heavy atom. The summed E-state index contributed by atoms with van der Waals surface area (Å²) in [6.07, 6.45) is 0.783. The van der Waals surface area contributed by atoms with Crippen LogP contribution in [0.25, 0.3) is 4.98 Å². The molecule has 1 heterocycles. The third-order valence-electron chi connectivity index (χ3n) is 3.88. The molecule has 0 saturated carbocycles. The fraction of sp³-hybridized carbons (Fsp3) is 0.400. The number of diazo groups is 1. The molecule has 0 fully saturated rings. The van der Waals surface area contributed by atoms with Crippen molar-refractivity contribution in [3.8, 4) is 0 Å². The first-order valence-electron chi connectivity index (χ1n) is 6.70. The van der Waals surface area contributed by atoms with Crippen molar-refractivity contribution in [1.29, 1.82) is 5.39 Å². The van der Waals surface area contributed by atoms with E-state index in [9.17, 15) is 9.90 Å². The quantitative estimate of drug-likeness (QED) is 0.508. The highest BCUT2D eigenvalue weighted by molar-refractivity contribution is 6.08. The Balaban J connectivity index is 2.53. The standard InChI is InChI=1S/C15H17N3O2/c1-4-12-9(2)11-7-5-6-8-13(11)18(12)15(20)14(17-16)10(3)19/h5-9,12H,4H2,1-3H3/p+1/t9-,12-/m0/s1. The summed E-state index contributed by atoms with van der Waals surface area (Å²) in [5, 5.41) is 18.5. The number of amides is 1. The molecule has 0 aliphatic carbocycles. The van der Waals surface area contributed by atoms with Gasteiger partial charge in [-0.25, -0.2) is 0 Å². The number of nitrogens with zero attached hydrogens (tertiary/aromatic N) is 3. The molecular weight excluding hydrogens is 254 g/mol. The summed E-state index contributed by atoms with van der Waals surface area (Å²) in [7, 11) is 0. The van der Waals surface area contributed by atoms with Crippen LogP contribution >= 0.6 is 0 Å². The van der Waals surface area contributed by atoms with E-state index in [1.165, 1.54) is 6.92 Å². The van der Waals surface area contributed by atoms with Crippen LogP contribution in [-0.4, -0.2) is 17.1 Å². The maximum atomic E-state index is 12.5. The second-order valence-corrected chi connectivity index (χ2v) is 5.03. The van der Waals surface area contributed by atoms with Gasteiger partial charge in [0.25, 0.3) is 0 Å². The summed E-state index contributed by atoms with van der Waals surface area (Å²) in [6, 6.07) is 7.69. The molecular formula is C15H18N3O2+. The van der Waals surface area contributed by atoms with Crippen LogP contribution in [0.1, 0.15) is 38.7 Å². The lowest BCUT2D eigenvalue weighted by Gasteiger charge is -2.24. The van der Waals surface area contributed by atoms with Crippen molar-refractivity contribution in [3.63, 3.8) is 0 Å². The molecule has 1 aliphatic heterocycles. The third-order valence-corrected chi connectivity index (χ3v) is 3.88. The number of benzene rings is 1. The molecule has 5 nitrogen and oxygen atoms in total. The lowest BCUT2D eigenvalue weighted by atomic mass is 9.95. The van der Waals surface area contributed by atoms with Crippen molar-refractivity contribution in [2.45, 2.75) is 39.2 Å². The summed E-state index contributed by atoms with van der Waals surface area (Å²) < 4.78 is 0. The van der Waals surface area contributed by atoms with Crippen molar-refractivity contribution in [2.24, 2.45) is 0 Å². The van der Waals surface area contributed by atoms with Crippen LogP contribution in [0.3, 0.4) is 0 Å². The van der Waals surface area contributed by atoms with Gasteiger partial charge in [-0.05, 0) is 18.1 Å². The average molecular weight is 272 g/mol. The summed E-state index contributed by atoms with van der Waals surface area (Å²) in [6.45, 7) is 5.42. The molecule has 0 saturated heterocycles. The number of fused-ring (bicyclic) bond motifs is 1. The maximum Gasteiger partial charge on any atom is 0.485 e. The minimum Gasteiger partial charge on any atom is -0.505 e. The summed E-state index contributed by atoms with van der Waals surface area (Å²) in [4.78, 5) is 17.1. The molecule has 104 valence electrons. The normalized spacial score (nSPS) is 22.0. The highest BCUT2D eigenvalue weighted by atomic mass is 16.3. The molecule has 1 N–H and O–H groups in total. The predicted octanol–water partition coefficient (Wildman–Crippen LogP) is 3.56. The largest absolute Gasteiger partial charge is 0.505 e.